The van der Waals surface area contributed by atoms with Crippen LogP contribution in [0.2, 0.25) is 0 Å². The van der Waals surface area contributed by atoms with Crippen molar-refractivity contribution >= 4 is 28.2 Å². The summed E-state index contributed by atoms with van der Waals surface area (Å²) in [5, 5.41) is 2.72. The van der Waals surface area contributed by atoms with E-state index in [-0.39, 0.29) is 5.38 Å². The van der Waals surface area contributed by atoms with E-state index in [0.717, 1.165) is 31.7 Å². The Morgan fingerprint density at radius 2 is 2.12 bits per heavy atom. The topological polar surface area (TPSA) is 16.1 Å². The van der Waals surface area contributed by atoms with Gasteiger partial charge in [-0.25, -0.2) is 4.98 Å². The Balaban J connectivity index is 2.04. The fourth-order valence-corrected chi connectivity index (χ4v) is 2.79. The van der Waals surface area contributed by atoms with Crippen LogP contribution in [0.4, 0.5) is 5.82 Å². The van der Waals surface area contributed by atoms with E-state index in [1.54, 1.807) is 0 Å². The molecule has 1 atom stereocenters. The SMILES string of the molecule is ClC1CCCN(c2nccc3ccccc23)C1. The summed E-state index contributed by atoms with van der Waals surface area (Å²) in [7, 11) is 0. The number of fused-ring (bicyclic) bond motifs is 1. The Kier molecular flexibility index (Phi) is 2.89. The van der Waals surface area contributed by atoms with Crippen molar-refractivity contribution in [2.24, 2.45) is 0 Å². The molecule has 1 unspecified atom stereocenters. The molecule has 88 valence electrons. The van der Waals surface area contributed by atoms with Crippen molar-refractivity contribution < 1.29 is 0 Å². The van der Waals surface area contributed by atoms with E-state index in [9.17, 15) is 0 Å². The molecule has 2 heterocycles. The molecule has 2 nitrogen and oxygen atoms in total. The van der Waals surface area contributed by atoms with Crippen LogP contribution in [0.15, 0.2) is 36.5 Å². The lowest BCUT2D eigenvalue weighted by atomic mass is 10.1. The summed E-state index contributed by atoms with van der Waals surface area (Å²) in [4.78, 5) is 6.84. The lowest BCUT2D eigenvalue weighted by Crippen LogP contribution is -2.36. The Labute approximate surface area is 106 Å². The van der Waals surface area contributed by atoms with Crippen LogP contribution >= 0.6 is 11.6 Å². The maximum Gasteiger partial charge on any atom is 0.136 e. The van der Waals surface area contributed by atoms with E-state index >= 15 is 0 Å². The van der Waals surface area contributed by atoms with E-state index < -0.39 is 0 Å². The van der Waals surface area contributed by atoms with Crippen LogP contribution in [0.1, 0.15) is 12.8 Å². The average molecular weight is 247 g/mol. The van der Waals surface area contributed by atoms with E-state index in [2.05, 4.69) is 40.2 Å². The number of aromatic nitrogens is 1. The van der Waals surface area contributed by atoms with Gasteiger partial charge in [0.1, 0.15) is 5.82 Å². The van der Waals surface area contributed by atoms with Crippen molar-refractivity contribution in [1.82, 2.24) is 4.98 Å². The van der Waals surface area contributed by atoms with Gasteiger partial charge in [0, 0.05) is 24.7 Å². The van der Waals surface area contributed by atoms with Crippen LogP contribution in [-0.4, -0.2) is 23.5 Å². The number of benzene rings is 1. The Bertz CT molecular complexity index is 521. The van der Waals surface area contributed by atoms with Crippen molar-refractivity contribution in [1.29, 1.82) is 0 Å². The maximum absolute atomic E-state index is 6.24. The molecule has 0 N–H and O–H groups in total. The standard InChI is InChI=1S/C14H15ClN2/c15-12-5-3-9-17(10-12)14-13-6-2-1-4-11(13)7-8-16-14/h1-2,4,6-8,12H,3,5,9-10H2. The molecule has 1 aromatic carbocycles. The van der Waals surface area contributed by atoms with E-state index in [4.69, 9.17) is 11.6 Å². The molecule has 1 aliphatic heterocycles. The summed E-state index contributed by atoms with van der Waals surface area (Å²) in [5.74, 6) is 1.08. The van der Waals surface area contributed by atoms with Gasteiger partial charge < -0.3 is 4.90 Å². The van der Waals surface area contributed by atoms with Gasteiger partial charge in [0.2, 0.25) is 0 Å². The smallest absolute Gasteiger partial charge is 0.136 e. The third-order valence-corrected chi connectivity index (χ3v) is 3.67. The molecule has 0 bridgehead atoms. The fraction of sp³-hybridized carbons (Fsp3) is 0.357. The minimum absolute atomic E-state index is 0.254. The second-order valence-electron chi connectivity index (χ2n) is 4.54. The zero-order valence-corrected chi connectivity index (χ0v) is 10.4. The van der Waals surface area contributed by atoms with Crippen LogP contribution in [-0.2, 0) is 0 Å². The van der Waals surface area contributed by atoms with E-state index in [1.165, 1.54) is 10.8 Å². The predicted molar refractivity (Wildman–Crippen MR) is 72.8 cm³/mol. The zero-order valence-electron chi connectivity index (χ0n) is 9.64. The number of alkyl halides is 1. The average Bonchev–Trinajstić information content (AvgIpc) is 2.38. The minimum atomic E-state index is 0.254. The van der Waals surface area contributed by atoms with Crippen molar-refractivity contribution in [3.63, 3.8) is 0 Å². The highest BCUT2D eigenvalue weighted by Crippen LogP contribution is 2.27. The van der Waals surface area contributed by atoms with Crippen molar-refractivity contribution in [2.75, 3.05) is 18.0 Å². The van der Waals surface area contributed by atoms with Crippen LogP contribution in [0.3, 0.4) is 0 Å². The largest absolute Gasteiger partial charge is 0.355 e. The number of halogens is 1. The van der Waals surface area contributed by atoms with Gasteiger partial charge in [0.25, 0.3) is 0 Å². The minimum Gasteiger partial charge on any atom is -0.355 e. The number of nitrogens with zero attached hydrogens (tertiary/aromatic N) is 2. The van der Waals surface area contributed by atoms with Crippen molar-refractivity contribution in [2.45, 2.75) is 18.2 Å². The highest BCUT2D eigenvalue weighted by Gasteiger charge is 2.20. The van der Waals surface area contributed by atoms with E-state index in [1.807, 2.05) is 6.20 Å². The number of hydrogen-bond acceptors (Lipinski definition) is 2. The first-order valence-electron chi connectivity index (χ1n) is 6.07. The first-order valence-corrected chi connectivity index (χ1v) is 6.51. The highest BCUT2D eigenvalue weighted by atomic mass is 35.5. The summed E-state index contributed by atoms with van der Waals surface area (Å²) in [5.41, 5.74) is 0. The molecule has 0 spiro atoms. The quantitative estimate of drug-likeness (QED) is 0.717. The first kappa shape index (κ1) is 10.8. The van der Waals surface area contributed by atoms with Gasteiger partial charge >= 0.3 is 0 Å². The van der Waals surface area contributed by atoms with Gasteiger partial charge in [-0.05, 0) is 24.3 Å². The molecule has 0 amide bonds. The molecule has 3 rings (SSSR count). The summed E-state index contributed by atoms with van der Waals surface area (Å²) in [6.07, 6.45) is 4.15. The summed E-state index contributed by atoms with van der Waals surface area (Å²) in [6.45, 7) is 1.97. The van der Waals surface area contributed by atoms with Crippen LogP contribution < -0.4 is 4.90 Å². The molecular weight excluding hydrogens is 232 g/mol. The van der Waals surface area contributed by atoms with Crippen molar-refractivity contribution in [3.8, 4) is 0 Å². The number of hydrogen-bond donors (Lipinski definition) is 0. The third-order valence-electron chi connectivity index (χ3n) is 3.32. The lowest BCUT2D eigenvalue weighted by molar-refractivity contribution is 0.581. The van der Waals surface area contributed by atoms with Crippen LogP contribution in [0.5, 0.6) is 0 Å². The van der Waals surface area contributed by atoms with Gasteiger partial charge in [0.15, 0.2) is 0 Å². The molecule has 0 saturated carbocycles. The molecule has 0 aliphatic carbocycles. The number of pyridine rings is 1. The lowest BCUT2D eigenvalue weighted by Gasteiger charge is -2.31. The number of piperidine rings is 1. The molecule has 1 aromatic heterocycles. The molecular formula is C14H15ClN2. The van der Waals surface area contributed by atoms with Gasteiger partial charge in [-0.2, -0.15) is 0 Å². The van der Waals surface area contributed by atoms with Gasteiger partial charge in [-0.1, -0.05) is 24.3 Å². The van der Waals surface area contributed by atoms with E-state index in [0.29, 0.717) is 0 Å². The van der Waals surface area contributed by atoms with Gasteiger partial charge in [-0.15, -0.1) is 11.6 Å². The second-order valence-corrected chi connectivity index (χ2v) is 5.16. The number of rotatable bonds is 1. The molecule has 2 aromatic rings. The molecule has 1 saturated heterocycles. The first-order chi connectivity index (χ1) is 8.34. The highest BCUT2D eigenvalue weighted by molar-refractivity contribution is 6.21. The van der Waals surface area contributed by atoms with Crippen LogP contribution in [0, 0.1) is 0 Å². The Morgan fingerprint density at radius 3 is 3.00 bits per heavy atom. The Morgan fingerprint density at radius 1 is 1.24 bits per heavy atom. The normalized spacial score (nSPS) is 20.8. The molecule has 1 fully saturated rings. The molecule has 3 heteroatoms. The van der Waals surface area contributed by atoms with Gasteiger partial charge in [-0.3, -0.25) is 0 Å². The molecule has 1 aliphatic rings. The fourth-order valence-electron chi connectivity index (χ4n) is 2.47. The number of anilines is 1. The third kappa shape index (κ3) is 2.09. The Hall–Kier alpha value is -1.28. The zero-order chi connectivity index (χ0) is 11.7. The van der Waals surface area contributed by atoms with Gasteiger partial charge in [0.05, 0.1) is 5.38 Å². The molecule has 17 heavy (non-hydrogen) atoms. The monoisotopic (exact) mass is 246 g/mol. The van der Waals surface area contributed by atoms with Crippen LogP contribution in [0.25, 0.3) is 10.8 Å². The maximum atomic E-state index is 6.24. The van der Waals surface area contributed by atoms with Crippen molar-refractivity contribution in [3.05, 3.63) is 36.5 Å². The summed E-state index contributed by atoms with van der Waals surface area (Å²) >= 11 is 6.24. The molecule has 0 radical (unpaired) electrons. The second kappa shape index (κ2) is 4.53. The summed E-state index contributed by atoms with van der Waals surface area (Å²) < 4.78 is 0. The predicted octanol–water partition coefficient (Wildman–Crippen LogP) is 3.44. The summed E-state index contributed by atoms with van der Waals surface area (Å²) in [6, 6.07) is 10.4.